The number of hydrogen-bond donors (Lipinski definition) is 0. The van der Waals surface area contributed by atoms with Crippen molar-refractivity contribution in [1.82, 2.24) is 9.97 Å². The molecule has 18 heavy (non-hydrogen) atoms. The van der Waals surface area contributed by atoms with E-state index in [0.29, 0.717) is 6.04 Å². The van der Waals surface area contributed by atoms with E-state index in [0.717, 1.165) is 24.7 Å². The molecule has 0 saturated carbocycles. The minimum absolute atomic E-state index is 0.604. The zero-order valence-electron chi connectivity index (χ0n) is 10.7. The third-order valence-corrected chi connectivity index (χ3v) is 4.93. The lowest BCUT2D eigenvalue weighted by molar-refractivity contribution is 0.619. The van der Waals surface area contributed by atoms with Gasteiger partial charge in [0.15, 0.2) is 0 Å². The molecule has 1 aromatic rings. The first-order valence-electron chi connectivity index (χ1n) is 7.05. The summed E-state index contributed by atoms with van der Waals surface area (Å²) in [5.74, 6) is 1.23. The van der Waals surface area contributed by atoms with Crippen LogP contribution in [0.25, 0.3) is 0 Å². The van der Waals surface area contributed by atoms with Crippen molar-refractivity contribution >= 4 is 21.7 Å². The molecule has 1 atom stereocenters. The molecule has 0 radical (unpaired) electrons. The van der Waals surface area contributed by atoms with E-state index in [1.54, 1.807) is 6.33 Å². The SMILES string of the molecule is BrCC1CCCCCN1c1ncnc2c1CCC2. The van der Waals surface area contributed by atoms with Crippen molar-refractivity contribution in [3.63, 3.8) is 0 Å². The maximum absolute atomic E-state index is 4.61. The summed E-state index contributed by atoms with van der Waals surface area (Å²) in [5, 5.41) is 1.05. The molecule has 0 amide bonds. The second-order valence-electron chi connectivity index (χ2n) is 5.33. The van der Waals surface area contributed by atoms with Gasteiger partial charge in [-0.1, -0.05) is 28.8 Å². The van der Waals surface area contributed by atoms with Crippen LogP contribution in [0.1, 0.15) is 43.4 Å². The molecule has 1 fully saturated rings. The zero-order chi connectivity index (χ0) is 12.4. The molecule has 1 aromatic heterocycles. The quantitative estimate of drug-likeness (QED) is 0.786. The van der Waals surface area contributed by atoms with E-state index < -0.39 is 0 Å². The summed E-state index contributed by atoms with van der Waals surface area (Å²) >= 11 is 3.68. The Hall–Kier alpha value is -0.640. The number of halogens is 1. The van der Waals surface area contributed by atoms with Crippen LogP contribution in [-0.2, 0) is 12.8 Å². The molecule has 0 spiro atoms. The summed E-state index contributed by atoms with van der Waals surface area (Å²) in [7, 11) is 0. The Morgan fingerprint density at radius 2 is 2.11 bits per heavy atom. The van der Waals surface area contributed by atoms with Gasteiger partial charge in [-0.05, 0) is 32.1 Å². The van der Waals surface area contributed by atoms with Gasteiger partial charge in [0, 0.05) is 29.2 Å². The molecule has 1 unspecified atom stereocenters. The number of nitrogens with zero attached hydrogens (tertiary/aromatic N) is 3. The van der Waals surface area contributed by atoms with Gasteiger partial charge in [-0.15, -0.1) is 0 Å². The van der Waals surface area contributed by atoms with Crippen molar-refractivity contribution in [3.05, 3.63) is 17.6 Å². The smallest absolute Gasteiger partial charge is 0.135 e. The standard InChI is InChI=1S/C14H20BrN3/c15-9-11-5-2-1-3-8-18(11)14-12-6-4-7-13(12)16-10-17-14/h10-11H,1-9H2. The van der Waals surface area contributed by atoms with Gasteiger partial charge in [0.1, 0.15) is 12.1 Å². The molecule has 0 aromatic carbocycles. The van der Waals surface area contributed by atoms with Gasteiger partial charge in [0.25, 0.3) is 0 Å². The van der Waals surface area contributed by atoms with Crippen molar-refractivity contribution in [1.29, 1.82) is 0 Å². The van der Waals surface area contributed by atoms with Gasteiger partial charge in [0.05, 0.1) is 0 Å². The first-order chi connectivity index (χ1) is 8.90. The van der Waals surface area contributed by atoms with Crippen molar-refractivity contribution < 1.29 is 0 Å². The summed E-state index contributed by atoms with van der Waals surface area (Å²) in [5.41, 5.74) is 2.71. The fraction of sp³-hybridized carbons (Fsp3) is 0.714. The molecule has 98 valence electrons. The van der Waals surface area contributed by atoms with Gasteiger partial charge >= 0.3 is 0 Å². The van der Waals surface area contributed by atoms with Gasteiger partial charge in [-0.3, -0.25) is 0 Å². The lowest BCUT2D eigenvalue weighted by atomic mass is 10.1. The van der Waals surface area contributed by atoms with Crippen LogP contribution in [-0.4, -0.2) is 27.9 Å². The van der Waals surface area contributed by atoms with Crippen LogP contribution in [0.4, 0.5) is 5.82 Å². The normalized spacial score (nSPS) is 23.8. The molecule has 1 aliphatic heterocycles. The summed E-state index contributed by atoms with van der Waals surface area (Å²) in [6.07, 6.45) is 10.6. The second-order valence-corrected chi connectivity index (χ2v) is 5.97. The summed E-state index contributed by atoms with van der Waals surface area (Å²) in [4.78, 5) is 11.6. The van der Waals surface area contributed by atoms with E-state index in [4.69, 9.17) is 0 Å². The highest BCUT2D eigenvalue weighted by atomic mass is 79.9. The topological polar surface area (TPSA) is 29.0 Å². The van der Waals surface area contributed by atoms with E-state index >= 15 is 0 Å². The van der Waals surface area contributed by atoms with Crippen molar-refractivity contribution in [2.24, 2.45) is 0 Å². The van der Waals surface area contributed by atoms with Crippen LogP contribution in [0, 0.1) is 0 Å². The molecular formula is C14H20BrN3. The number of hydrogen-bond acceptors (Lipinski definition) is 3. The van der Waals surface area contributed by atoms with Gasteiger partial charge < -0.3 is 4.90 Å². The van der Waals surface area contributed by atoms with Crippen LogP contribution >= 0.6 is 15.9 Å². The van der Waals surface area contributed by atoms with E-state index in [2.05, 4.69) is 30.8 Å². The molecule has 0 bridgehead atoms. The minimum Gasteiger partial charge on any atom is -0.352 e. The Bertz CT molecular complexity index is 422. The van der Waals surface area contributed by atoms with Gasteiger partial charge in [-0.2, -0.15) is 0 Å². The largest absolute Gasteiger partial charge is 0.352 e. The highest BCUT2D eigenvalue weighted by Crippen LogP contribution is 2.31. The Kier molecular flexibility index (Phi) is 3.83. The first-order valence-corrected chi connectivity index (χ1v) is 8.17. The fourth-order valence-electron chi connectivity index (χ4n) is 3.21. The molecule has 4 heteroatoms. The first kappa shape index (κ1) is 12.4. The van der Waals surface area contributed by atoms with Crippen LogP contribution < -0.4 is 4.90 Å². The summed E-state index contributed by atoms with van der Waals surface area (Å²) in [6.45, 7) is 1.15. The zero-order valence-corrected chi connectivity index (χ0v) is 12.3. The number of alkyl halides is 1. The molecule has 0 N–H and O–H groups in total. The third kappa shape index (κ3) is 2.27. The molecule has 2 aliphatic rings. The minimum atomic E-state index is 0.604. The predicted molar refractivity (Wildman–Crippen MR) is 77.5 cm³/mol. The Morgan fingerprint density at radius 3 is 3.00 bits per heavy atom. The molecule has 3 rings (SSSR count). The highest BCUT2D eigenvalue weighted by molar-refractivity contribution is 9.09. The van der Waals surface area contributed by atoms with E-state index in [1.807, 2.05) is 0 Å². The summed E-state index contributed by atoms with van der Waals surface area (Å²) < 4.78 is 0. The average molecular weight is 310 g/mol. The molecular weight excluding hydrogens is 290 g/mol. The lowest BCUT2D eigenvalue weighted by Gasteiger charge is -2.31. The summed E-state index contributed by atoms with van der Waals surface area (Å²) in [6, 6.07) is 0.604. The Labute approximate surface area is 117 Å². The number of aromatic nitrogens is 2. The van der Waals surface area contributed by atoms with E-state index in [-0.39, 0.29) is 0 Å². The number of rotatable bonds is 2. The maximum atomic E-state index is 4.61. The van der Waals surface area contributed by atoms with E-state index in [9.17, 15) is 0 Å². The fourth-order valence-corrected chi connectivity index (χ4v) is 3.88. The van der Waals surface area contributed by atoms with Crippen LogP contribution in [0.15, 0.2) is 6.33 Å². The Morgan fingerprint density at radius 1 is 1.17 bits per heavy atom. The number of aryl methyl sites for hydroxylation is 1. The lowest BCUT2D eigenvalue weighted by Crippen LogP contribution is -2.37. The third-order valence-electron chi connectivity index (χ3n) is 4.18. The maximum Gasteiger partial charge on any atom is 0.135 e. The monoisotopic (exact) mass is 309 g/mol. The molecule has 2 heterocycles. The van der Waals surface area contributed by atoms with Crippen molar-refractivity contribution in [2.75, 3.05) is 16.8 Å². The Balaban J connectivity index is 1.94. The van der Waals surface area contributed by atoms with E-state index in [1.165, 1.54) is 49.2 Å². The number of fused-ring (bicyclic) bond motifs is 1. The number of anilines is 1. The van der Waals surface area contributed by atoms with Crippen LogP contribution in [0.2, 0.25) is 0 Å². The van der Waals surface area contributed by atoms with Crippen LogP contribution in [0.3, 0.4) is 0 Å². The second kappa shape index (κ2) is 5.55. The average Bonchev–Trinajstić information content (AvgIpc) is 2.76. The van der Waals surface area contributed by atoms with Gasteiger partial charge in [0.2, 0.25) is 0 Å². The van der Waals surface area contributed by atoms with Crippen molar-refractivity contribution in [2.45, 2.75) is 51.0 Å². The molecule has 1 aliphatic carbocycles. The molecule has 1 saturated heterocycles. The highest BCUT2D eigenvalue weighted by Gasteiger charge is 2.26. The van der Waals surface area contributed by atoms with Crippen molar-refractivity contribution in [3.8, 4) is 0 Å². The predicted octanol–water partition coefficient (Wildman–Crippen LogP) is 3.11. The van der Waals surface area contributed by atoms with Crippen LogP contribution in [0.5, 0.6) is 0 Å². The molecule has 3 nitrogen and oxygen atoms in total. The van der Waals surface area contributed by atoms with Gasteiger partial charge in [-0.25, -0.2) is 9.97 Å².